The van der Waals surface area contributed by atoms with Gasteiger partial charge in [-0.25, -0.2) is 4.79 Å². The molecular weight excluding hydrogens is 242 g/mol. The molecule has 0 spiro atoms. The highest BCUT2D eigenvalue weighted by Gasteiger charge is 2.25. The molecule has 0 aliphatic heterocycles. The molecule has 1 aromatic carbocycles. The number of nitrogen functional groups attached to an aromatic ring is 1. The molecule has 4 heteroatoms. The van der Waals surface area contributed by atoms with Crippen molar-refractivity contribution in [3.63, 3.8) is 0 Å². The van der Waals surface area contributed by atoms with Gasteiger partial charge >= 0.3 is 5.97 Å². The topological polar surface area (TPSA) is 61.5 Å². The van der Waals surface area contributed by atoms with Crippen LogP contribution in [0.3, 0.4) is 0 Å². The predicted molar refractivity (Wildman–Crippen MR) is 74.2 cm³/mol. The summed E-state index contributed by atoms with van der Waals surface area (Å²) in [5, 5.41) is 0. The van der Waals surface area contributed by atoms with Gasteiger partial charge in [-0.3, -0.25) is 0 Å². The summed E-state index contributed by atoms with van der Waals surface area (Å²) < 4.78 is 10.7. The molecular formula is C15H21NO3. The van der Waals surface area contributed by atoms with Gasteiger partial charge in [0.2, 0.25) is 0 Å². The van der Waals surface area contributed by atoms with Crippen LogP contribution in [0.1, 0.15) is 43.0 Å². The van der Waals surface area contributed by atoms with Crippen LogP contribution < -0.4 is 10.5 Å². The molecule has 2 rings (SSSR count). The highest BCUT2D eigenvalue weighted by Crippen LogP contribution is 2.29. The number of methoxy groups -OCH3 is 1. The van der Waals surface area contributed by atoms with Gasteiger partial charge in [-0.05, 0) is 37.3 Å². The Hall–Kier alpha value is -1.71. The quantitative estimate of drug-likeness (QED) is 0.672. The van der Waals surface area contributed by atoms with Gasteiger partial charge in [0.25, 0.3) is 0 Å². The first-order valence-electron chi connectivity index (χ1n) is 6.75. The number of hydrogen-bond acceptors (Lipinski definition) is 4. The van der Waals surface area contributed by atoms with Crippen molar-refractivity contribution in [1.82, 2.24) is 0 Å². The Morgan fingerprint density at radius 3 is 2.84 bits per heavy atom. The Labute approximate surface area is 113 Å². The Bertz CT molecular complexity index is 459. The summed E-state index contributed by atoms with van der Waals surface area (Å²) in [4.78, 5) is 12.2. The molecule has 4 nitrogen and oxygen atoms in total. The van der Waals surface area contributed by atoms with E-state index in [1.165, 1.54) is 13.5 Å². The summed E-state index contributed by atoms with van der Waals surface area (Å²) in [7, 11) is 1.52. The first kappa shape index (κ1) is 13.7. The van der Waals surface area contributed by atoms with E-state index in [0.717, 1.165) is 19.3 Å². The third-order valence-corrected chi connectivity index (χ3v) is 3.64. The fourth-order valence-electron chi connectivity index (χ4n) is 2.63. The van der Waals surface area contributed by atoms with Gasteiger partial charge in [-0.1, -0.05) is 19.4 Å². The van der Waals surface area contributed by atoms with E-state index in [4.69, 9.17) is 15.2 Å². The SMILES string of the molecule is COc1cccc(N)c1C(=O)OC1CCCC(C)C1. The second kappa shape index (κ2) is 5.95. The molecule has 2 unspecified atom stereocenters. The van der Waals surface area contributed by atoms with Gasteiger partial charge in [0, 0.05) is 5.69 Å². The van der Waals surface area contributed by atoms with Crippen molar-refractivity contribution in [1.29, 1.82) is 0 Å². The van der Waals surface area contributed by atoms with Crippen LogP contribution in [0.15, 0.2) is 18.2 Å². The van der Waals surface area contributed by atoms with Crippen LogP contribution in [0.2, 0.25) is 0 Å². The highest BCUT2D eigenvalue weighted by atomic mass is 16.5. The van der Waals surface area contributed by atoms with Crippen LogP contribution in [0, 0.1) is 5.92 Å². The molecule has 19 heavy (non-hydrogen) atoms. The van der Waals surface area contributed by atoms with E-state index in [1.54, 1.807) is 18.2 Å². The molecule has 1 aliphatic rings. The second-order valence-corrected chi connectivity index (χ2v) is 5.22. The van der Waals surface area contributed by atoms with Crippen molar-refractivity contribution < 1.29 is 14.3 Å². The summed E-state index contributed by atoms with van der Waals surface area (Å²) in [6.07, 6.45) is 4.19. The van der Waals surface area contributed by atoms with Gasteiger partial charge in [0.05, 0.1) is 7.11 Å². The van der Waals surface area contributed by atoms with Crippen LogP contribution in [0.25, 0.3) is 0 Å². The summed E-state index contributed by atoms with van der Waals surface area (Å²) in [5.41, 5.74) is 6.58. The van der Waals surface area contributed by atoms with Crippen molar-refractivity contribution in [3.05, 3.63) is 23.8 Å². The van der Waals surface area contributed by atoms with Crippen molar-refractivity contribution >= 4 is 11.7 Å². The molecule has 1 fully saturated rings. The number of rotatable bonds is 3. The Balaban J connectivity index is 2.11. The minimum absolute atomic E-state index is 0.000521. The Kier molecular flexibility index (Phi) is 4.30. The molecule has 0 bridgehead atoms. The number of nitrogens with two attached hydrogens (primary N) is 1. The maximum atomic E-state index is 12.2. The van der Waals surface area contributed by atoms with E-state index in [2.05, 4.69) is 6.92 Å². The van der Waals surface area contributed by atoms with Gasteiger partial charge in [0.1, 0.15) is 17.4 Å². The van der Waals surface area contributed by atoms with Crippen LogP contribution in [-0.4, -0.2) is 19.2 Å². The van der Waals surface area contributed by atoms with E-state index in [1.807, 2.05) is 0 Å². The highest BCUT2D eigenvalue weighted by molar-refractivity contribution is 5.98. The van der Waals surface area contributed by atoms with Crippen molar-refractivity contribution in [2.45, 2.75) is 38.7 Å². The van der Waals surface area contributed by atoms with Crippen molar-refractivity contribution in [3.8, 4) is 5.75 Å². The van der Waals surface area contributed by atoms with E-state index >= 15 is 0 Å². The van der Waals surface area contributed by atoms with Crippen LogP contribution >= 0.6 is 0 Å². The summed E-state index contributed by atoms with van der Waals surface area (Å²) >= 11 is 0. The van der Waals surface area contributed by atoms with Crippen LogP contribution in [-0.2, 0) is 4.74 Å². The summed E-state index contributed by atoms with van der Waals surface area (Å²) in [6, 6.07) is 5.16. The third-order valence-electron chi connectivity index (χ3n) is 3.64. The normalized spacial score (nSPS) is 22.8. The monoisotopic (exact) mass is 263 g/mol. The minimum atomic E-state index is -0.381. The third kappa shape index (κ3) is 3.19. The van der Waals surface area contributed by atoms with Crippen LogP contribution in [0.5, 0.6) is 5.75 Å². The maximum absolute atomic E-state index is 12.2. The lowest BCUT2D eigenvalue weighted by Gasteiger charge is -2.26. The zero-order chi connectivity index (χ0) is 13.8. The predicted octanol–water partition coefficient (Wildman–Crippen LogP) is 3.01. The lowest BCUT2D eigenvalue weighted by Crippen LogP contribution is -2.25. The first-order chi connectivity index (χ1) is 9.11. The summed E-state index contributed by atoms with van der Waals surface area (Å²) in [5.74, 6) is 0.699. The fourth-order valence-corrected chi connectivity index (χ4v) is 2.63. The number of ether oxygens (including phenoxy) is 2. The molecule has 1 aromatic rings. The molecule has 2 N–H and O–H groups in total. The second-order valence-electron chi connectivity index (χ2n) is 5.22. The Morgan fingerprint density at radius 2 is 2.16 bits per heavy atom. The number of carbonyl (C=O) groups is 1. The lowest BCUT2D eigenvalue weighted by molar-refractivity contribution is 0.0153. The first-order valence-corrected chi connectivity index (χ1v) is 6.75. The van der Waals surface area contributed by atoms with E-state index in [-0.39, 0.29) is 12.1 Å². The van der Waals surface area contributed by atoms with E-state index in [0.29, 0.717) is 22.9 Å². The van der Waals surface area contributed by atoms with E-state index in [9.17, 15) is 4.79 Å². The number of benzene rings is 1. The Morgan fingerprint density at radius 1 is 1.37 bits per heavy atom. The summed E-state index contributed by atoms with van der Waals surface area (Å²) in [6.45, 7) is 2.19. The maximum Gasteiger partial charge on any atom is 0.344 e. The molecule has 0 heterocycles. The van der Waals surface area contributed by atoms with Crippen molar-refractivity contribution in [2.75, 3.05) is 12.8 Å². The van der Waals surface area contributed by atoms with Gasteiger partial charge in [-0.15, -0.1) is 0 Å². The largest absolute Gasteiger partial charge is 0.496 e. The zero-order valence-electron chi connectivity index (χ0n) is 11.5. The molecule has 2 atom stereocenters. The standard InChI is InChI=1S/C15H21NO3/c1-10-5-3-6-11(9-10)19-15(17)14-12(16)7-4-8-13(14)18-2/h4,7-8,10-11H,3,5-6,9,16H2,1-2H3. The number of anilines is 1. The lowest BCUT2D eigenvalue weighted by atomic mass is 9.89. The molecule has 0 saturated heterocycles. The minimum Gasteiger partial charge on any atom is -0.496 e. The average molecular weight is 263 g/mol. The van der Waals surface area contributed by atoms with Crippen molar-refractivity contribution in [2.24, 2.45) is 5.92 Å². The molecule has 0 radical (unpaired) electrons. The molecule has 1 aliphatic carbocycles. The molecule has 104 valence electrons. The zero-order valence-corrected chi connectivity index (χ0v) is 11.5. The smallest absolute Gasteiger partial charge is 0.344 e. The number of hydrogen-bond donors (Lipinski definition) is 1. The number of esters is 1. The fraction of sp³-hybridized carbons (Fsp3) is 0.533. The van der Waals surface area contributed by atoms with Gasteiger partial charge in [-0.2, -0.15) is 0 Å². The van der Waals surface area contributed by atoms with Gasteiger partial charge < -0.3 is 15.2 Å². The molecule has 0 aromatic heterocycles. The van der Waals surface area contributed by atoms with E-state index < -0.39 is 0 Å². The van der Waals surface area contributed by atoms with Crippen LogP contribution in [0.4, 0.5) is 5.69 Å². The van der Waals surface area contributed by atoms with Gasteiger partial charge in [0.15, 0.2) is 0 Å². The average Bonchev–Trinajstić information content (AvgIpc) is 2.38. The molecule has 0 amide bonds. The number of carbonyl (C=O) groups excluding carboxylic acids is 1. The molecule has 1 saturated carbocycles.